The van der Waals surface area contributed by atoms with E-state index in [2.05, 4.69) is 0 Å². The molecule has 0 aromatic heterocycles. The molecular formula is C12H14N2O3. The maximum atomic E-state index is 12.1. The van der Waals surface area contributed by atoms with Gasteiger partial charge in [-0.3, -0.25) is 9.59 Å². The number of nitrogens with two attached hydrogens (primary N) is 1. The Kier molecular flexibility index (Phi) is 3.10. The standard InChI is InChI=1S/C12H14N2O3/c13-11(16)10-6-9(15)7-14(10)12(17)8-4-2-1-3-5-8/h1-5,9-10,15H,6-7H2,(H2,13,16)/t9-,10-/m1/s1. The highest BCUT2D eigenvalue weighted by atomic mass is 16.3. The monoisotopic (exact) mass is 234 g/mol. The number of hydrogen-bond acceptors (Lipinski definition) is 3. The first-order valence-corrected chi connectivity index (χ1v) is 5.43. The van der Waals surface area contributed by atoms with Crippen molar-refractivity contribution < 1.29 is 14.7 Å². The third-order valence-corrected chi connectivity index (χ3v) is 2.89. The first-order valence-electron chi connectivity index (χ1n) is 5.43. The zero-order chi connectivity index (χ0) is 12.4. The van der Waals surface area contributed by atoms with E-state index >= 15 is 0 Å². The second kappa shape index (κ2) is 4.55. The van der Waals surface area contributed by atoms with Gasteiger partial charge in [-0.15, -0.1) is 0 Å². The van der Waals surface area contributed by atoms with Gasteiger partial charge in [0, 0.05) is 18.5 Å². The van der Waals surface area contributed by atoms with E-state index in [1.807, 2.05) is 0 Å². The fraction of sp³-hybridized carbons (Fsp3) is 0.333. The van der Waals surface area contributed by atoms with Crippen molar-refractivity contribution >= 4 is 11.8 Å². The Labute approximate surface area is 98.8 Å². The van der Waals surface area contributed by atoms with Crippen LogP contribution in [0.15, 0.2) is 30.3 Å². The molecule has 0 bridgehead atoms. The molecule has 2 amide bonds. The third kappa shape index (κ3) is 2.29. The molecule has 3 N–H and O–H groups in total. The summed E-state index contributed by atoms with van der Waals surface area (Å²) < 4.78 is 0. The van der Waals surface area contributed by atoms with Crippen LogP contribution in [-0.2, 0) is 4.79 Å². The molecule has 2 atom stereocenters. The molecule has 2 rings (SSSR count). The van der Waals surface area contributed by atoms with Crippen LogP contribution in [0.5, 0.6) is 0 Å². The van der Waals surface area contributed by atoms with Crippen LogP contribution in [0.3, 0.4) is 0 Å². The van der Waals surface area contributed by atoms with Gasteiger partial charge < -0.3 is 15.7 Å². The Hall–Kier alpha value is -1.88. The number of aliphatic hydroxyl groups excluding tert-OH is 1. The van der Waals surface area contributed by atoms with Crippen molar-refractivity contribution in [2.45, 2.75) is 18.6 Å². The number of rotatable bonds is 2. The van der Waals surface area contributed by atoms with Crippen LogP contribution in [0, 0.1) is 0 Å². The number of nitrogens with zero attached hydrogens (tertiary/aromatic N) is 1. The highest BCUT2D eigenvalue weighted by Crippen LogP contribution is 2.20. The van der Waals surface area contributed by atoms with Crippen molar-refractivity contribution in [3.05, 3.63) is 35.9 Å². The Bertz CT molecular complexity index is 433. The van der Waals surface area contributed by atoms with Gasteiger partial charge in [-0.2, -0.15) is 0 Å². The van der Waals surface area contributed by atoms with Gasteiger partial charge in [-0.1, -0.05) is 18.2 Å². The Morgan fingerprint density at radius 3 is 2.53 bits per heavy atom. The summed E-state index contributed by atoms with van der Waals surface area (Å²) in [5.41, 5.74) is 5.72. The quantitative estimate of drug-likeness (QED) is 0.740. The predicted molar refractivity (Wildman–Crippen MR) is 61.1 cm³/mol. The minimum absolute atomic E-state index is 0.154. The second-order valence-electron chi connectivity index (χ2n) is 4.13. The van der Waals surface area contributed by atoms with E-state index in [9.17, 15) is 14.7 Å². The molecule has 1 aliphatic rings. The molecule has 0 spiro atoms. The third-order valence-electron chi connectivity index (χ3n) is 2.89. The largest absolute Gasteiger partial charge is 0.391 e. The van der Waals surface area contributed by atoms with Gasteiger partial charge in [0.1, 0.15) is 6.04 Å². The average molecular weight is 234 g/mol. The molecule has 5 nitrogen and oxygen atoms in total. The number of β-amino-alcohol motifs (C(OH)–C–C–N with tert-alkyl or cyclic N) is 1. The first-order chi connectivity index (χ1) is 8.09. The van der Waals surface area contributed by atoms with Gasteiger partial charge in [0.2, 0.25) is 5.91 Å². The van der Waals surface area contributed by atoms with Gasteiger partial charge >= 0.3 is 0 Å². The lowest BCUT2D eigenvalue weighted by Gasteiger charge is -2.21. The summed E-state index contributed by atoms with van der Waals surface area (Å²) in [6, 6.07) is 7.94. The summed E-state index contributed by atoms with van der Waals surface area (Å²) in [5, 5.41) is 9.51. The molecule has 0 saturated carbocycles. The normalized spacial score (nSPS) is 23.7. The number of carbonyl (C=O) groups excluding carboxylic acids is 2. The zero-order valence-corrected chi connectivity index (χ0v) is 9.24. The molecule has 1 fully saturated rings. The molecular weight excluding hydrogens is 220 g/mol. The number of likely N-dealkylation sites (tertiary alicyclic amines) is 1. The molecule has 0 radical (unpaired) electrons. The van der Waals surface area contributed by atoms with Crippen molar-refractivity contribution in [1.29, 1.82) is 0 Å². The van der Waals surface area contributed by atoms with Crippen molar-refractivity contribution in [2.24, 2.45) is 5.73 Å². The average Bonchev–Trinajstić information content (AvgIpc) is 2.72. The lowest BCUT2D eigenvalue weighted by Crippen LogP contribution is -2.43. The fourth-order valence-corrected chi connectivity index (χ4v) is 2.05. The van der Waals surface area contributed by atoms with E-state index in [-0.39, 0.29) is 18.9 Å². The van der Waals surface area contributed by atoms with Crippen LogP contribution in [-0.4, -0.2) is 40.5 Å². The van der Waals surface area contributed by atoms with E-state index in [0.29, 0.717) is 5.56 Å². The maximum Gasteiger partial charge on any atom is 0.254 e. The topological polar surface area (TPSA) is 83.6 Å². The summed E-state index contributed by atoms with van der Waals surface area (Å²) in [7, 11) is 0. The van der Waals surface area contributed by atoms with Crippen LogP contribution < -0.4 is 5.73 Å². The predicted octanol–water partition coefficient (Wildman–Crippen LogP) is -0.253. The maximum absolute atomic E-state index is 12.1. The van der Waals surface area contributed by atoms with Crippen molar-refractivity contribution in [2.75, 3.05) is 6.54 Å². The van der Waals surface area contributed by atoms with E-state index in [1.165, 1.54) is 4.90 Å². The Balaban J connectivity index is 2.22. The minimum Gasteiger partial charge on any atom is -0.391 e. The highest BCUT2D eigenvalue weighted by Gasteiger charge is 2.37. The van der Waals surface area contributed by atoms with E-state index < -0.39 is 18.1 Å². The number of benzene rings is 1. The molecule has 1 aromatic carbocycles. The summed E-state index contributed by atoms with van der Waals surface area (Å²) in [4.78, 5) is 24.7. The zero-order valence-electron chi connectivity index (χ0n) is 9.24. The molecule has 1 saturated heterocycles. The number of carbonyl (C=O) groups is 2. The van der Waals surface area contributed by atoms with Gasteiger partial charge in [0.15, 0.2) is 0 Å². The number of amides is 2. The summed E-state index contributed by atoms with van der Waals surface area (Å²) >= 11 is 0. The molecule has 1 aliphatic heterocycles. The summed E-state index contributed by atoms with van der Waals surface area (Å²) in [6.45, 7) is 0.154. The minimum atomic E-state index is -0.710. The van der Waals surface area contributed by atoms with Crippen LogP contribution in [0.4, 0.5) is 0 Å². The van der Waals surface area contributed by atoms with Crippen molar-refractivity contribution in [3.8, 4) is 0 Å². The molecule has 5 heteroatoms. The first kappa shape index (κ1) is 11.6. The molecule has 1 aromatic rings. The lowest BCUT2D eigenvalue weighted by molar-refractivity contribution is -0.121. The molecule has 1 heterocycles. The fourth-order valence-electron chi connectivity index (χ4n) is 2.05. The SMILES string of the molecule is NC(=O)[C@H]1C[C@@H](O)CN1C(=O)c1ccccc1. The van der Waals surface area contributed by atoms with Crippen molar-refractivity contribution in [1.82, 2.24) is 4.90 Å². The van der Waals surface area contributed by atoms with Gasteiger partial charge in [0.25, 0.3) is 5.91 Å². The van der Waals surface area contributed by atoms with Gasteiger partial charge in [0.05, 0.1) is 6.10 Å². The van der Waals surface area contributed by atoms with Gasteiger partial charge in [-0.05, 0) is 12.1 Å². The second-order valence-corrected chi connectivity index (χ2v) is 4.13. The molecule has 17 heavy (non-hydrogen) atoms. The molecule has 90 valence electrons. The van der Waals surface area contributed by atoms with Crippen LogP contribution in [0.1, 0.15) is 16.8 Å². The smallest absolute Gasteiger partial charge is 0.254 e. The van der Waals surface area contributed by atoms with Crippen LogP contribution >= 0.6 is 0 Å². The van der Waals surface area contributed by atoms with Crippen LogP contribution in [0.2, 0.25) is 0 Å². The van der Waals surface area contributed by atoms with E-state index in [1.54, 1.807) is 30.3 Å². The van der Waals surface area contributed by atoms with Crippen LogP contribution in [0.25, 0.3) is 0 Å². The molecule has 0 unspecified atom stereocenters. The summed E-state index contributed by atoms with van der Waals surface area (Å²) in [5.74, 6) is -0.850. The van der Waals surface area contributed by atoms with E-state index in [4.69, 9.17) is 5.73 Å². The van der Waals surface area contributed by atoms with Crippen molar-refractivity contribution in [3.63, 3.8) is 0 Å². The summed E-state index contributed by atoms with van der Waals surface area (Å²) in [6.07, 6.45) is -0.464. The highest BCUT2D eigenvalue weighted by molar-refractivity contribution is 5.97. The van der Waals surface area contributed by atoms with Gasteiger partial charge in [-0.25, -0.2) is 0 Å². The Morgan fingerprint density at radius 1 is 1.29 bits per heavy atom. The number of aliphatic hydroxyl groups is 1. The lowest BCUT2D eigenvalue weighted by atomic mass is 10.1. The number of primary amides is 1. The van der Waals surface area contributed by atoms with E-state index in [0.717, 1.165) is 0 Å². The molecule has 0 aliphatic carbocycles. The Morgan fingerprint density at radius 2 is 1.94 bits per heavy atom. The number of hydrogen-bond donors (Lipinski definition) is 2.